The Hall–Kier alpha value is -1.38. The maximum atomic E-state index is 9.75. The summed E-state index contributed by atoms with van der Waals surface area (Å²) in [5, 5.41) is 9.75. The van der Waals surface area contributed by atoms with E-state index in [4.69, 9.17) is 0 Å². The van der Waals surface area contributed by atoms with Gasteiger partial charge >= 0.3 is 0 Å². The van der Waals surface area contributed by atoms with E-state index >= 15 is 0 Å². The molecule has 1 aromatic rings. The monoisotopic (exact) mass is 271 g/mol. The van der Waals surface area contributed by atoms with Crippen molar-refractivity contribution in [3.8, 4) is 0 Å². The Morgan fingerprint density at radius 2 is 2.20 bits per heavy atom. The molecule has 1 aliphatic heterocycles. The van der Waals surface area contributed by atoms with E-state index in [9.17, 15) is 5.11 Å². The van der Waals surface area contributed by atoms with Crippen LogP contribution in [0.4, 0.5) is 0 Å². The van der Waals surface area contributed by atoms with Crippen LogP contribution in [0.1, 0.15) is 30.4 Å². The molecule has 0 amide bonds. The van der Waals surface area contributed by atoms with Crippen LogP contribution in [-0.4, -0.2) is 29.7 Å². The van der Waals surface area contributed by atoms with Crippen molar-refractivity contribution in [1.82, 2.24) is 4.90 Å². The van der Waals surface area contributed by atoms with Gasteiger partial charge in [-0.25, -0.2) is 0 Å². The first-order valence-electron chi connectivity index (χ1n) is 7.37. The Morgan fingerprint density at radius 3 is 2.90 bits per heavy atom. The fraction of sp³-hybridized carbons (Fsp3) is 0.444. The lowest BCUT2D eigenvalue weighted by Crippen LogP contribution is -2.44. The molecule has 0 unspecified atom stereocenters. The van der Waals surface area contributed by atoms with Crippen LogP contribution in [0.25, 0.3) is 6.08 Å². The molecule has 1 N–H and O–H groups in total. The highest BCUT2D eigenvalue weighted by Crippen LogP contribution is 2.34. The van der Waals surface area contributed by atoms with Crippen LogP contribution in [-0.2, 0) is 6.54 Å². The van der Waals surface area contributed by atoms with Gasteiger partial charge < -0.3 is 5.11 Å². The van der Waals surface area contributed by atoms with Gasteiger partial charge in [0.15, 0.2) is 0 Å². The third-order valence-electron chi connectivity index (χ3n) is 4.25. The fourth-order valence-corrected chi connectivity index (χ4v) is 3.19. The molecule has 0 saturated carbocycles. The Balaban J connectivity index is 2.05. The molecular weight excluding hydrogens is 246 g/mol. The molecule has 0 spiro atoms. The minimum Gasteiger partial charge on any atom is -0.396 e. The number of allylic oxidation sites excluding steroid dienone is 1. The highest BCUT2D eigenvalue weighted by Gasteiger charge is 2.33. The minimum atomic E-state index is 0.00997. The van der Waals surface area contributed by atoms with E-state index in [-0.39, 0.29) is 12.0 Å². The smallest absolute Gasteiger partial charge is 0.0502 e. The van der Waals surface area contributed by atoms with Gasteiger partial charge in [0.1, 0.15) is 0 Å². The molecule has 2 nitrogen and oxygen atoms in total. The Morgan fingerprint density at radius 1 is 1.35 bits per heavy atom. The summed E-state index contributed by atoms with van der Waals surface area (Å²) in [7, 11) is 0. The second kappa shape index (κ2) is 6.87. The number of aliphatic hydroxyl groups is 1. The van der Waals surface area contributed by atoms with Gasteiger partial charge in [0.25, 0.3) is 0 Å². The third-order valence-corrected chi connectivity index (χ3v) is 4.25. The average molecular weight is 271 g/mol. The number of hydrogen-bond donors (Lipinski definition) is 1. The number of benzene rings is 1. The third kappa shape index (κ3) is 3.59. The van der Waals surface area contributed by atoms with Crippen LogP contribution in [0.3, 0.4) is 0 Å². The van der Waals surface area contributed by atoms with Gasteiger partial charge in [-0.05, 0) is 36.9 Å². The predicted octanol–water partition coefficient (Wildman–Crippen LogP) is 3.48. The number of hydrogen-bond acceptors (Lipinski definition) is 2. The zero-order valence-electron chi connectivity index (χ0n) is 12.2. The summed E-state index contributed by atoms with van der Waals surface area (Å²) in [4.78, 5) is 2.45. The molecule has 1 aromatic carbocycles. The van der Waals surface area contributed by atoms with Gasteiger partial charge in [-0.3, -0.25) is 4.90 Å². The molecule has 1 heterocycles. The van der Waals surface area contributed by atoms with Gasteiger partial charge in [-0.2, -0.15) is 0 Å². The summed E-state index contributed by atoms with van der Waals surface area (Å²) >= 11 is 0. The topological polar surface area (TPSA) is 23.5 Å². The highest BCUT2D eigenvalue weighted by molar-refractivity contribution is 5.47. The van der Waals surface area contributed by atoms with E-state index < -0.39 is 0 Å². The number of likely N-dealkylation sites (tertiary alicyclic amines) is 1. The predicted molar refractivity (Wildman–Crippen MR) is 85.4 cm³/mol. The zero-order valence-corrected chi connectivity index (χ0v) is 12.2. The molecule has 2 rings (SSSR count). The lowest BCUT2D eigenvalue weighted by molar-refractivity contribution is 0.0309. The quantitative estimate of drug-likeness (QED) is 0.801. The maximum Gasteiger partial charge on any atom is 0.0502 e. The lowest BCUT2D eigenvalue weighted by Gasteiger charge is -2.41. The van der Waals surface area contributed by atoms with Gasteiger partial charge in [-0.15, -0.1) is 6.58 Å². The maximum absolute atomic E-state index is 9.75. The summed E-state index contributed by atoms with van der Waals surface area (Å²) in [5.41, 5.74) is 2.49. The molecule has 1 fully saturated rings. The summed E-state index contributed by atoms with van der Waals surface area (Å²) in [5.74, 6) is 0. The number of nitrogens with zero attached hydrogens (tertiary/aromatic N) is 1. The van der Waals surface area contributed by atoms with E-state index in [0.29, 0.717) is 0 Å². The van der Waals surface area contributed by atoms with Crippen LogP contribution < -0.4 is 0 Å². The van der Waals surface area contributed by atoms with Crippen molar-refractivity contribution >= 4 is 6.08 Å². The normalized spacial score (nSPS) is 23.4. The number of rotatable bonds is 6. The van der Waals surface area contributed by atoms with Crippen molar-refractivity contribution in [3.63, 3.8) is 0 Å². The molecule has 1 atom stereocenters. The molecule has 0 aliphatic carbocycles. The largest absolute Gasteiger partial charge is 0.396 e. The van der Waals surface area contributed by atoms with Gasteiger partial charge in [0.2, 0.25) is 0 Å². The van der Waals surface area contributed by atoms with Crippen molar-refractivity contribution in [2.24, 2.45) is 5.41 Å². The SMILES string of the molecule is C=CC[C@]1(CO)CCCN(Cc2cccc(C=C)c2)C1. The first-order chi connectivity index (χ1) is 9.71. The van der Waals surface area contributed by atoms with Crippen molar-refractivity contribution in [2.75, 3.05) is 19.7 Å². The first-order valence-corrected chi connectivity index (χ1v) is 7.37. The van der Waals surface area contributed by atoms with E-state index in [1.807, 2.05) is 12.2 Å². The standard InChI is InChI=1S/C18H25NO/c1-3-9-18(15-20)10-6-11-19(14-18)13-17-8-5-7-16(4-2)12-17/h3-5,7-8,12,20H,1-2,6,9-11,13-15H2/t18-/m0/s1. The molecule has 108 valence electrons. The molecule has 1 aliphatic rings. The molecule has 0 aromatic heterocycles. The van der Waals surface area contributed by atoms with E-state index in [2.05, 4.69) is 42.3 Å². The van der Waals surface area contributed by atoms with E-state index in [1.54, 1.807) is 0 Å². The summed E-state index contributed by atoms with van der Waals surface area (Å²) < 4.78 is 0. The van der Waals surface area contributed by atoms with E-state index in [1.165, 1.54) is 11.1 Å². The molecule has 0 radical (unpaired) electrons. The average Bonchev–Trinajstić information content (AvgIpc) is 2.48. The first kappa shape index (κ1) is 15.0. The second-order valence-corrected chi connectivity index (χ2v) is 5.91. The van der Waals surface area contributed by atoms with Crippen LogP contribution in [0, 0.1) is 5.41 Å². The molecular formula is C18H25NO. The second-order valence-electron chi connectivity index (χ2n) is 5.91. The Kier molecular flexibility index (Phi) is 5.16. The van der Waals surface area contributed by atoms with Crippen molar-refractivity contribution < 1.29 is 5.11 Å². The van der Waals surface area contributed by atoms with Crippen molar-refractivity contribution in [3.05, 3.63) is 54.6 Å². The van der Waals surface area contributed by atoms with Gasteiger partial charge in [0, 0.05) is 18.5 Å². The summed E-state index contributed by atoms with van der Waals surface area (Å²) in [6, 6.07) is 8.51. The fourth-order valence-electron chi connectivity index (χ4n) is 3.19. The lowest BCUT2D eigenvalue weighted by atomic mass is 9.77. The molecule has 1 saturated heterocycles. The van der Waals surface area contributed by atoms with Crippen LogP contribution in [0.2, 0.25) is 0 Å². The molecule has 0 bridgehead atoms. The van der Waals surface area contributed by atoms with Gasteiger partial charge in [-0.1, -0.05) is 43.0 Å². The number of aliphatic hydroxyl groups excluding tert-OH is 1. The summed E-state index contributed by atoms with van der Waals surface area (Å²) in [6.07, 6.45) is 6.97. The zero-order chi connectivity index (χ0) is 14.4. The Bertz CT molecular complexity index is 468. The van der Waals surface area contributed by atoms with Gasteiger partial charge in [0.05, 0.1) is 6.61 Å². The summed E-state index contributed by atoms with van der Waals surface area (Å²) in [6.45, 7) is 10.9. The minimum absolute atomic E-state index is 0.00997. The van der Waals surface area contributed by atoms with Crippen LogP contribution in [0.15, 0.2) is 43.5 Å². The molecule has 2 heteroatoms. The van der Waals surface area contributed by atoms with Crippen molar-refractivity contribution in [1.29, 1.82) is 0 Å². The van der Waals surface area contributed by atoms with Crippen LogP contribution in [0.5, 0.6) is 0 Å². The van der Waals surface area contributed by atoms with Crippen LogP contribution >= 0.6 is 0 Å². The van der Waals surface area contributed by atoms with Crippen molar-refractivity contribution in [2.45, 2.75) is 25.8 Å². The van der Waals surface area contributed by atoms with E-state index in [0.717, 1.165) is 38.9 Å². The highest BCUT2D eigenvalue weighted by atomic mass is 16.3. The molecule has 20 heavy (non-hydrogen) atoms. The number of piperidine rings is 1. The Labute approximate surface area is 122 Å².